The van der Waals surface area contributed by atoms with Gasteiger partial charge in [0, 0.05) is 12.0 Å². The third kappa shape index (κ3) is 6.46. The topological polar surface area (TPSA) is 104 Å². The van der Waals surface area contributed by atoms with Gasteiger partial charge < -0.3 is 5.11 Å². The van der Waals surface area contributed by atoms with E-state index in [1.54, 1.807) is 54.6 Å². The summed E-state index contributed by atoms with van der Waals surface area (Å²) in [5.74, 6) is -1.18. The van der Waals surface area contributed by atoms with Crippen LogP contribution >= 0.6 is 24.0 Å². The van der Waals surface area contributed by atoms with Crippen molar-refractivity contribution in [3.63, 3.8) is 0 Å². The van der Waals surface area contributed by atoms with E-state index in [-0.39, 0.29) is 21.4 Å². The molecule has 1 atom stereocenters. The second kappa shape index (κ2) is 12.3. The number of aryl methyl sites for hydroxylation is 1. The fourth-order valence-electron chi connectivity index (χ4n) is 4.49. The van der Waals surface area contributed by atoms with Crippen LogP contribution in [0.3, 0.4) is 0 Å². The summed E-state index contributed by atoms with van der Waals surface area (Å²) in [5, 5.41) is 10.2. The van der Waals surface area contributed by atoms with Gasteiger partial charge in [0.2, 0.25) is 0 Å². The number of hydrogen-bond donors (Lipinski definition) is 2. The molecule has 0 radical (unpaired) electrons. The lowest BCUT2D eigenvalue weighted by Crippen LogP contribution is -2.51. The Labute approximate surface area is 253 Å². The van der Waals surface area contributed by atoms with Crippen molar-refractivity contribution in [2.24, 2.45) is 0 Å². The first-order valence-electron chi connectivity index (χ1n) is 12.9. The molecule has 0 bridgehead atoms. The van der Waals surface area contributed by atoms with E-state index in [4.69, 9.17) is 12.2 Å². The largest absolute Gasteiger partial charge is 0.507 e. The van der Waals surface area contributed by atoms with Crippen molar-refractivity contribution in [1.82, 2.24) is 9.62 Å². The summed E-state index contributed by atoms with van der Waals surface area (Å²) in [7, 11) is -4.19. The maximum atomic E-state index is 13.6. The first-order chi connectivity index (χ1) is 20.1. The minimum Gasteiger partial charge on any atom is -0.507 e. The lowest BCUT2D eigenvalue weighted by Gasteiger charge is -2.26. The number of sulfonamides is 1. The van der Waals surface area contributed by atoms with Crippen LogP contribution < -0.4 is 4.72 Å². The number of para-hydroxylation sites is 1. The van der Waals surface area contributed by atoms with E-state index in [0.717, 1.165) is 34.0 Å². The van der Waals surface area contributed by atoms with Crippen LogP contribution in [0.5, 0.6) is 5.75 Å². The second-order valence-electron chi connectivity index (χ2n) is 9.68. The van der Waals surface area contributed by atoms with Gasteiger partial charge in [-0.2, -0.15) is 0 Å². The Morgan fingerprint density at radius 1 is 0.952 bits per heavy atom. The van der Waals surface area contributed by atoms with E-state index >= 15 is 0 Å². The summed E-state index contributed by atoms with van der Waals surface area (Å²) in [6, 6.07) is 28.3. The summed E-state index contributed by atoms with van der Waals surface area (Å²) in [6.45, 7) is 1.83. The highest BCUT2D eigenvalue weighted by atomic mass is 32.2. The van der Waals surface area contributed by atoms with Gasteiger partial charge in [0.15, 0.2) is 0 Å². The number of nitrogens with one attached hydrogen (secondary N) is 1. The molecule has 4 aromatic rings. The van der Waals surface area contributed by atoms with E-state index in [2.05, 4.69) is 4.72 Å². The van der Waals surface area contributed by atoms with Crippen LogP contribution in [0.2, 0.25) is 0 Å². The van der Waals surface area contributed by atoms with Crippen LogP contribution in [0.4, 0.5) is 0 Å². The number of phenols is 1. The average Bonchev–Trinajstić information content (AvgIpc) is 3.24. The van der Waals surface area contributed by atoms with E-state index in [0.29, 0.717) is 10.5 Å². The molecule has 0 aliphatic carbocycles. The molecular weight excluding hydrogens is 589 g/mol. The Hall–Kier alpha value is -4.25. The second-order valence-corrected chi connectivity index (χ2v) is 13.0. The van der Waals surface area contributed by atoms with Crippen molar-refractivity contribution in [3.8, 4) is 16.9 Å². The van der Waals surface area contributed by atoms with Crippen molar-refractivity contribution < 1.29 is 23.1 Å². The van der Waals surface area contributed by atoms with E-state index in [1.165, 1.54) is 17.0 Å². The number of benzene rings is 4. The van der Waals surface area contributed by atoms with Crippen LogP contribution in [0, 0.1) is 6.92 Å². The highest BCUT2D eigenvalue weighted by molar-refractivity contribution is 8.26. The number of nitrogens with zero attached hydrogens (tertiary/aromatic N) is 1. The molecule has 1 saturated heterocycles. The molecule has 7 nitrogen and oxygen atoms in total. The predicted molar refractivity (Wildman–Crippen MR) is 169 cm³/mol. The molecule has 1 aliphatic heterocycles. The highest BCUT2D eigenvalue weighted by Crippen LogP contribution is 2.35. The fraction of sp³-hybridized carbons (Fsp3) is 0.0938. The van der Waals surface area contributed by atoms with E-state index in [9.17, 15) is 23.1 Å². The van der Waals surface area contributed by atoms with Crippen LogP contribution in [0.1, 0.15) is 16.7 Å². The number of carbonyl (C=O) groups is 2. The molecule has 0 saturated carbocycles. The predicted octanol–water partition coefficient (Wildman–Crippen LogP) is 5.69. The molecule has 0 spiro atoms. The van der Waals surface area contributed by atoms with Gasteiger partial charge in [-0.1, -0.05) is 114 Å². The number of carbonyl (C=O) groups excluding carboxylic acids is 2. The van der Waals surface area contributed by atoms with Gasteiger partial charge in [-0.3, -0.25) is 14.5 Å². The quantitative estimate of drug-likeness (QED) is 0.194. The van der Waals surface area contributed by atoms with Crippen molar-refractivity contribution >= 4 is 56.2 Å². The van der Waals surface area contributed by atoms with Crippen molar-refractivity contribution in [3.05, 3.63) is 125 Å². The van der Waals surface area contributed by atoms with Crippen molar-refractivity contribution in [2.75, 3.05) is 0 Å². The Bertz CT molecular complexity index is 1790. The lowest BCUT2D eigenvalue weighted by atomic mass is 10.0. The molecule has 1 aliphatic rings. The fourth-order valence-corrected chi connectivity index (χ4v) is 6.86. The minimum absolute atomic E-state index is 0.0579. The smallest absolute Gasteiger partial charge is 0.266 e. The van der Waals surface area contributed by atoms with Crippen LogP contribution in [-0.2, 0) is 26.0 Å². The molecule has 2 N–H and O–H groups in total. The van der Waals surface area contributed by atoms with Crippen molar-refractivity contribution in [1.29, 1.82) is 0 Å². The summed E-state index contributed by atoms with van der Waals surface area (Å²) in [6.07, 6.45) is 1.74. The van der Waals surface area contributed by atoms with E-state index < -0.39 is 27.9 Å². The lowest BCUT2D eigenvalue weighted by molar-refractivity contribution is -0.131. The average molecular weight is 615 g/mol. The maximum Gasteiger partial charge on any atom is 0.266 e. The zero-order valence-electron chi connectivity index (χ0n) is 22.4. The molecule has 1 heterocycles. The third-order valence-corrected chi connectivity index (χ3v) is 9.39. The molecule has 0 unspecified atom stereocenters. The molecular formula is C32H26N2O5S3. The first-order valence-corrected chi connectivity index (χ1v) is 15.7. The summed E-state index contributed by atoms with van der Waals surface area (Å²) in [5.41, 5.74) is 3.83. The molecule has 42 heavy (non-hydrogen) atoms. The SMILES string of the molecule is Cc1ccc(S(=O)(=O)NC(=O)[C@H](Cc2ccccc2)N2C(=O)/C(=C/c3ccc(-c4ccccc4O)cc3)SC2=S)cc1. The van der Waals surface area contributed by atoms with Crippen LogP contribution in [0.15, 0.2) is 113 Å². The number of amides is 2. The van der Waals surface area contributed by atoms with Crippen molar-refractivity contribution in [2.45, 2.75) is 24.3 Å². The van der Waals surface area contributed by atoms with Crippen LogP contribution in [-0.4, -0.2) is 40.6 Å². The Morgan fingerprint density at radius 3 is 2.26 bits per heavy atom. The number of rotatable bonds is 8. The minimum atomic E-state index is -4.19. The first kappa shape index (κ1) is 29.2. The van der Waals surface area contributed by atoms with Gasteiger partial charge in [-0.25, -0.2) is 13.1 Å². The molecule has 2 amide bonds. The Kier molecular flexibility index (Phi) is 8.58. The van der Waals surface area contributed by atoms with Gasteiger partial charge in [-0.15, -0.1) is 0 Å². The highest BCUT2D eigenvalue weighted by Gasteiger charge is 2.41. The van der Waals surface area contributed by atoms with Gasteiger partial charge in [0.25, 0.3) is 21.8 Å². The van der Waals surface area contributed by atoms with Gasteiger partial charge in [0.1, 0.15) is 16.1 Å². The van der Waals surface area contributed by atoms with Gasteiger partial charge in [0.05, 0.1) is 9.80 Å². The van der Waals surface area contributed by atoms with Gasteiger partial charge >= 0.3 is 0 Å². The summed E-state index contributed by atoms with van der Waals surface area (Å²) in [4.78, 5) is 28.6. The summed E-state index contributed by atoms with van der Waals surface area (Å²) >= 11 is 6.59. The van der Waals surface area contributed by atoms with Crippen LogP contribution in [0.25, 0.3) is 17.2 Å². The van der Waals surface area contributed by atoms with E-state index in [1.807, 2.05) is 49.4 Å². The molecule has 10 heteroatoms. The zero-order chi connectivity index (χ0) is 29.9. The zero-order valence-corrected chi connectivity index (χ0v) is 24.9. The number of phenolic OH excluding ortho intramolecular Hbond substituents is 1. The number of thioether (sulfide) groups is 1. The maximum absolute atomic E-state index is 13.6. The normalized spacial score (nSPS) is 15.2. The summed E-state index contributed by atoms with van der Waals surface area (Å²) < 4.78 is 28.4. The molecule has 5 rings (SSSR count). The molecule has 0 aromatic heterocycles. The third-order valence-electron chi connectivity index (χ3n) is 6.70. The number of aromatic hydroxyl groups is 1. The number of thiocarbonyl (C=S) groups is 1. The Balaban J connectivity index is 1.42. The molecule has 212 valence electrons. The Morgan fingerprint density at radius 2 is 1.60 bits per heavy atom. The molecule has 4 aromatic carbocycles. The standard InChI is InChI=1S/C32H26N2O5S3/c1-21-11-17-25(18-12-21)42(38,39)33-30(36)27(19-22-7-3-2-4-8-22)34-31(37)29(41-32(34)40)20-23-13-15-24(16-14-23)26-9-5-6-10-28(26)35/h2-18,20,27,35H,19H2,1H3,(H,33,36)/b29-20-/t27-/m0/s1. The van der Waals surface area contributed by atoms with Gasteiger partial charge in [-0.05, 0) is 47.9 Å². The number of hydrogen-bond acceptors (Lipinski definition) is 7. The monoisotopic (exact) mass is 614 g/mol. The molecule has 1 fully saturated rings.